The van der Waals surface area contributed by atoms with Crippen LogP contribution in [0.1, 0.15) is 27.2 Å². The highest BCUT2D eigenvalue weighted by Gasteiger charge is 2.28. The van der Waals surface area contributed by atoms with Crippen molar-refractivity contribution < 1.29 is 22.9 Å². The number of carbonyl (C=O) groups excluding carboxylic acids is 1. The fraction of sp³-hybridized carbons (Fsp3) is 0.179. The summed E-state index contributed by atoms with van der Waals surface area (Å²) < 4.78 is 33.1. The summed E-state index contributed by atoms with van der Waals surface area (Å²) in [6, 6.07) is 21.9. The number of sulfonamides is 1. The average molecular weight is 562 g/mol. The molecule has 0 spiro atoms. The van der Waals surface area contributed by atoms with Crippen LogP contribution < -0.4 is 14.4 Å². The zero-order chi connectivity index (χ0) is 28.7. The van der Waals surface area contributed by atoms with Gasteiger partial charge in [-0.15, -0.1) is 0 Å². The first-order valence-electron chi connectivity index (χ1n) is 12.2. The van der Waals surface area contributed by atoms with Gasteiger partial charge in [-0.1, -0.05) is 54.6 Å². The van der Waals surface area contributed by atoms with E-state index in [0.717, 1.165) is 29.7 Å². The van der Waals surface area contributed by atoms with E-state index in [2.05, 4.69) is 9.97 Å². The van der Waals surface area contributed by atoms with E-state index < -0.39 is 31.4 Å². The molecule has 0 atom stereocenters. The number of nitrogens with one attached hydrogen (secondary N) is 1. The smallest absolute Gasteiger partial charge is 0.289 e. The zero-order valence-corrected chi connectivity index (χ0v) is 22.7. The Kier molecular flexibility index (Phi) is 8.70. The lowest BCUT2D eigenvalue weighted by molar-refractivity contribution is -0.387. The highest BCUT2D eigenvalue weighted by atomic mass is 32.2. The van der Waals surface area contributed by atoms with Crippen molar-refractivity contribution in [1.82, 2.24) is 14.7 Å². The Balaban J connectivity index is 1.64. The molecule has 4 aromatic rings. The van der Waals surface area contributed by atoms with Crippen molar-refractivity contribution in [3.63, 3.8) is 0 Å². The van der Waals surface area contributed by atoms with Gasteiger partial charge in [0.25, 0.3) is 21.6 Å². The number of nitrogens with zero attached hydrogens (tertiary/aromatic N) is 4. The van der Waals surface area contributed by atoms with Gasteiger partial charge in [0.15, 0.2) is 4.90 Å². The summed E-state index contributed by atoms with van der Waals surface area (Å²) in [7, 11) is -1.19. The van der Waals surface area contributed by atoms with Gasteiger partial charge < -0.3 is 9.64 Å². The summed E-state index contributed by atoms with van der Waals surface area (Å²) >= 11 is 0. The zero-order valence-electron chi connectivity index (χ0n) is 21.9. The summed E-state index contributed by atoms with van der Waals surface area (Å²) in [5, 5.41) is 11.4. The Morgan fingerprint density at radius 1 is 1.00 bits per heavy atom. The molecular weight excluding hydrogens is 534 g/mol. The second-order valence-electron chi connectivity index (χ2n) is 8.87. The van der Waals surface area contributed by atoms with Crippen molar-refractivity contribution in [2.45, 2.75) is 17.7 Å². The Morgan fingerprint density at radius 3 is 2.35 bits per heavy atom. The largest absolute Gasteiger partial charge is 0.497 e. The molecule has 0 aliphatic heterocycles. The number of likely N-dealkylation sites (N-methyl/N-ethyl adjacent to an activating group) is 1. The van der Waals surface area contributed by atoms with Crippen molar-refractivity contribution in [1.29, 1.82) is 0 Å². The van der Waals surface area contributed by atoms with Crippen LogP contribution in [0, 0.1) is 10.1 Å². The van der Waals surface area contributed by atoms with Crippen molar-refractivity contribution in [2.75, 3.05) is 25.6 Å². The molecule has 11 nitrogen and oxygen atoms in total. The molecule has 0 bridgehead atoms. The molecule has 4 rings (SSSR count). The van der Waals surface area contributed by atoms with Crippen LogP contribution >= 0.6 is 0 Å². The van der Waals surface area contributed by atoms with Crippen LogP contribution in [0.2, 0.25) is 0 Å². The molecule has 1 amide bonds. The van der Waals surface area contributed by atoms with E-state index in [4.69, 9.17) is 4.74 Å². The predicted octanol–water partition coefficient (Wildman–Crippen LogP) is 3.78. The van der Waals surface area contributed by atoms with E-state index in [1.807, 2.05) is 59.1 Å². The minimum Gasteiger partial charge on any atom is -0.497 e. The molecule has 0 saturated heterocycles. The molecule has 0 saturated carbocycles. The molecule has 1 heterocycles. The van der Waals surface area contributed by atoms with Crippen LogP contribution in [0.4, 0.5) is 11.6 Å². The molecule has 0 aliphatic carbocycles. The molecule has 0 radical (unpaired) electrons. The fourth-order valence-electron chi connectivity index (χ4n) is 3.96. The van der Waals surface area contributed by atoms with Crippen molar-refractivity contribution >= 4 is 27.6 Å². The monoisotopic (exact) mass is 561 g/mol. The van der Waals surface area contributed by atoms with E-state index in [1.165, 1.54) is 18.3 Å². The highest BCUT2D eigenvalue weighted by Crippen LogP contribution is 2.24. The van der Waals surface area contributed by atoms with Gasteiger partial charge in [0.2, 0.25) is 5.95 Å². The van der Waals surface area contributed by atoms with Gasteiger partial charge in [0, 0.05) is 32.3 Å². The minimum atomic E-state index is -4.57. The Morgan fingerprint density at radius 2 is 1.68 bits per heavy atom. The van der Waals surface area contributed by atoms with Gasteiger partial charge in [0.1, 0.15) is 5.75 Å². The normalized spacial score (nSPS) is 11.1. The summed E-state index contributed by atoms with van der Waals surface area (Å²) in [5.74, 6) is 0.0129. The maximum Gasteiger partial charge on any atom is 0.289 e. The number of amides is 1. The number of benzene rings is 3. The first-order valence-corrected chi connectivity index (χ1v) is 13.7. The van der Waals surface area contributed by atoms with E-state index in [1.54, 1.807) is 19.2 Å². The van der Waals surface area contributed by atoms with Crippen molar-refractivity contribution in [3.8, 4) is 5.75 Å². The first kappa shape index (κ1) is 28.2. The van der Waals surface area contributed by atoms with Crippen LogP contribution in [0.5, 0.6) is 5.75 Å². The standard InChI is InChI=1S/C28H27N5O6S/c1-32(17-16-20-8-4-3-5-9-20)28-29-19-23(24(30-28)18-21-12-14-22(39-2)15-13-21)27(34)31-40(37,38)26-11-7-6-10-25(26)33(35)36/h3-15,19H,16-18H2,1-2H3,(H,31,34). The molecule has 1 aromatic heterocycles. The quantitative estimate of drug-likeness (QED) is 0.214. The summed E-state index contributed by atoms with van der Waals surface area (Å²) in [5.41, 5.74) is 1.51. The topological polar surface area (TPSA) is 145 Å². The first-order chi connectivity index (χ1) is 19.2. The van der Waals surface area contributed by atoms with E-state index in [9.17, 15) is 23.3 Å². The van der Waals surface area contributed by atoms with Gasteiger partial charge in [-0.25, -0.2) is 23.1 Å². The van der Waals surface area contributed by atoms with Crippen LogP contribution in [0.3, 0.4) is 0 Å². The molecule has 3 aromatic carbocycles. The van der Waals surface area contributed by atoms with Crippen LogP contribution in [-0.4, -0.2) is 49.9 Å². The molecule has 0 aliphatic rings. The van der Waals surface area contributed by atoms with Crippen LogP contribution in [-0.2, 0) is 22.9 Å². The molecule has 0 unspecified atom stereocenters. The Hall–Kier alpha value is -4.84. The van der Waals surface area contributed by atoms with Gasteiger partial charge in [0.05, 0.1) is 23.3 Å². The number of hydrogen-bond donors (Lipinski definition) is 1. The third-order valence-corrected chi connectivity index (χ3v) is 7.51. The van der Waals surface area contributed by atoms with Crippen molar-refractivity contribution in [3.05, 3.63) is 118 Å². The lowest BCUT2D eigenvalue weighted by Gasteiger charge is -2.19. The third kappa shape index (κ3) is 6.77. The Labute approximate surface area is 231 Å². The lowest BCUT2D eigenvalue weighted by Crippen LogP contribution is -2.32. The number of nitro groups is 1. The SMILES string of the molecule is COc1ccc(Cc2nc(N(C)CCc3ccccc3)ncc2C(=O)NS(=O)(=O)c2ccccc2[N+](=O)[O-])cc1. The summed E-state index contributed by atoms with van der Waals surface area (Å²) in [4.78, 5) is 33.9. The van der Waals surface area contributed by atoms with Crippen LogP contribution in [0.25, 0.3) is 0 Å². The van der Waals surface area contributed by atoms with Gasteiger partial charge in [-0.2, -0.15) is 0 Å². The number of para-hydroxylation sites is 1. The van der Waals surface area contributed by atoms with E-state index in [0.29, 0.717) is 18.2 Å². The predicted molar refractivity (Wildman–Crippen MR) is 149 cm³/mol. The number of carbonyl (C=O) groups is 1. The molecular formula is C28H27N5O6S. The molecule has 12 heteroatoms. The maximum absolute atomic E-state index is 13.2. The Bertz CT molecular complexity index is 1610. The number of nitro benzene ring substituents is 1. The van der Waals surface area contributed by atoms with E-state index in [-0.39, 0.29) is 17.7 Å². The summed E-state index contributed by atoms with van der Waals surface area (Å²) in [6.07, 6.45) is 2.20. The molecule has 0 fully saturated rings. The number of ether oxygens (including phenoxy) is 1. The van der Waals surface area contributed by atoms with Gasteiger partial charge in [-0.3, -0.25) is 14.9 Å². The van der Waals surface area contributed by atoms with Gasteiger partial charge >= 0.3 is 0 Å². The third-order valence-electron chi connectivity index (χ3n) is 6.13. The highest BCUT2D eigenvalue weighted by molar-refractivity contribution is 7.90. The molecule has 206 valence electrons. The minimum absolute atomic E-state index is 0.0711. The molecule has 1 N–H and O–H groups in total. The number of aromatic nitrogens is 2. The second kappa shape index (κ2) is 12.3. The lowest BCUT2D eigenvalue weighted by atomic mass is 10.1. The second-order valence-corrected chi connectivity index (χ2v) is 10.5. The number of rotatable bonds is 11. The molecule has 40 heavy (non-hydrogen) atoms. The van der Waals surface area contributed by atoms with Gasteiger partial charge in [-0.05, 0) is 35.7 Å². The maximum atomic E-state index is 13.2. The summed E-state index contributed by atoms with van der Waals surface area (Å²) in [6.45, 7) is 0.601. The number of anilines is 1. The number of hydrogen-bond acceptors (Lipinski definition) is 9. The van der Waals surface area contributed by atoms with Crippen molar-refractivity contribution in [2.24, 2.45) is 0 Å². The van der Waals surface area contributed by atoms with E-state index >= 15 is 0 Å². The average Bonchev–Trinajstić information content (AvgIpc) is 2.96. The van der Waals surface area contributed by atoms with Crippen LogP contribution in [0.15, 0.2) is 90.0 Å². The number of methoxy groups -OCH3 is 1. The fourth-order valence-corrected chi connectivity index (χ4v) is 5.10.